The largest absolute Gasteiger partial charge is 0.331 e. The Hall–Kier alpha value is -1.61. The third kappa shape index (κ3) is 2.75. The van der Waals surface area contributed by atoms with Crippen LogP contribution in [-0.4, -0.2) is 16.1 Å². The number of rotatable bonds is 4. The normalized spacial score (nSPS) is 19.5. The van der Waals surface area contributed by atoms with Crippen LogP contribution in [-0.2, 0) is 12.8 Å². The molecule has 3 nitrogen and oxygen atoms in total. The monoisotopic (exact) mass is 283 g/mol. The van der Waals surface area contributed by atoms with Gasteiger partial charge in [0.2, 0.25) is 0 Å². The molecule has 112 valence electrons. The maximum Gasteiger partial charge on any atom is 0.0951 e. The number of fused-ring (bicyclic) bond motifs is 1. The molecular weight excluding hydrogens is 258 g/mol. The number of benzene rings is 1. The highest BCUT2D eigenvalue weighted by molar-refractivity contribution is 5.30. The minimum atomic E-state index is 0.393. The van der Waals surface area contributed by atoms with Crippen LogP contribution in [0.15, 0.2) is 36.8 Å². The van der Waals surface area contributed by atoms with Gasteiger partial charge in [-0.1, -0.05) is 38.1 Å². The van der Waals surface area contributed by atoms with Crippen LogP contribution in [0.25, 0.3) is 0 Å². The van der Waals surface area contributed by atoms with E-state index in [1.54, 1.807) is 0 Å². The molecule has 0 spiro atoms. The van der Waals surface area contributed by atoms with E-state index in [1.165, 1.54) is 23.2 Å². The predicted molar refractivity (Wildman–Crippen MR) is 86.4 cm³/mol. The van der Waals surface area contributed by atoms with Gasteiger partial charge in [0.1, 0.15) is 0 Å². The van der Waals surface area contributed by atoms with Crippen molar-refractivity contribution in [1.29, 1.82) is 0 Å². The summed E-state index contributed by atoms with van der Waals surface area (Å²) >= 11 is 0. The van der Waals surface area contributed by atoms with Crippen molar-refractivity contribution < 1.29 is 0 Å². The summed E-state index contributed by atoms with van der Waals surface area (Å²) in [5, 5.41) is 0. The number of hydrogen-bond acceptors (Lipinski definition) is 2. The van der Waals surface area contributed by atoms with Gasteiger partial charge in [-0.15, -0.1) is 0 Å². The minimum absolute atomic E-state index is 0.393. The van der Waals surface area contributed by atoms with Gasteiger partial charge < -0.3 is 10.3 Å². The highest BCUT2D eigenvalue weighted by Crippen LogP contribution is 2.32. The van der Waals surface area contributed by atoms with Crippen LogP contribution in [0.2, 0.25) is 0 Å². The molecule has 0 saturated heterocycles. The van der Waals surface area contributed by atoms with E-state index in [0.717, 1.165) is 12.8 Å². The highest BCUT2D eigenvalue weighted by atomic mass is 15.1. The third-order valence-electron chi connectivity index (χ3n) is 4.85. The Morgan fingerprint density at radius 3 is 2.76 bits per heavy atom. The molecule has 2 aromatic rings. The summed E-state index contributed by atoms with van der Waals surface area (Å²) in [6.07, 6.45) is 7.47. The van der Waals surface area contributed by atoms with Crippen LogP contribution >= 0.6 is 0 Å². The molecule has 21 heavy (non-hydrogen) atoms. The van der Waals surface area contributed by atoms with Gasteiger partial charge in [0.25, 0.3) is 0 Å². The van der Waals surface area contributed by atoms with Crippen LogP contribution in [0.5, 0.6) is 0 Å². The quantitative estimate of drug-likeness (QED) is 0.935. The first-order valence-corrected chi connectivity index (χ1v) is 7.99. The van der Waals surface area contributed by atoms with Crippen molar-refractivity contribution in [2.45, 2.75) is 45.1 Å². The average molecular weight is 283 g/mol. The molecule has 0 bridgehead atoms. The molecule has 3 rings (SSSR count). The fraction of sp³-hybridized carbons (Fsp3) is 0.500. The summed E-state index contributed by atoms with van der Waals surface area (Å²) in [4.78, 5) is 4.41. The van der Waals surface area contributed by atoms with Gasteiger partial charge in [-0.25, -0.2) is 4.98 Å². The minimum Gasteiger partial charge on any atom is -0.331 e. The predicted octanol–water partition coefficient (Wildman–Crippen LogP) is 3.31. The Morgan fingerprint density at radius 1 is 1.29 bits per heavy atom. The van der Waals surface area contributed by atoms with Crippen molar-refractivity contribution in [2.75, 3.05) is 6.54 Å². The lowest BCUT2D eigenvalue weighted by molar-refractivity contribution is 0.398. The van der Waals surface area contributed by atoms with E-state index in [4.69, 9.17) is 5.73 Å². The summed E-state index contributed by atoms with van der Waals surface area (Å²) < 4.78 is 2.38. The average Bonchev–Trinajstić information content (AvgIpc) is 2.96. The molecule has 2 N–H and O–H groups in total. The van der Waals surface area contributed by atoms with Crippen LogP contribution in [0.1, 0.15) is 49.0 Å². The highest BCUT2D eigenvalue weighted by Gasteiger charge is 2.25. The number of hydrogen-bond donors (Lipinski definition) is 1. The standard InChI is InChI=1S/C18H25N3/c1-13(2)17(10-19)18-11-20-12-21(18)16-8-7-14-5-3-4-6-15(14)9-16/h3-6,11-13,16-17H,7-10,19H2,1-2H3. The Kier molecular flexibility index (Phi) is 4.11. The molecule has 3 heteroatoms. The van der Waals surface area contributed by atoms with E-state index >= 15 is 0 Å². The van der Waals surface area contributed by atoms with Crippen LogP contribution in [0, 0.1) is 5.92 Å². The zero-order valence-corrected chi connectivity index (χ0v) is 13.0. The molecule has 1 aliphatic rings. The summed E-state index contributed by atoms with van der Waals surface area (Å²) in [6, 6.07) is 9.33. The molecule has 1 aromatic heterocycles. The van der Waals surface area contributed by atoms with Crippen molar-refractivity contribution in [2.24, 2.45) is 11.7 Å². The van der Waals surface area contributed by atoms with Gasteiger partial charge in [-0.3, -0.25) is 0 Å². The zero-order valence-electron chi connectivity index (χ0n) is 13.0. The second kappa shape index (κ2) is 6.02. The molecule has 0 amide bonds. The molecular formula is C18H25N3. The van der Waals surface area contributed by atoms with Gasteiger partial charge in [0.05, 0.1) is 6.33 Å². The molecule has 0 saturated carbocycles. The maximum absolute atomic E-state index is 6.00. The number of aromatic nitrogens is 2. The number of aryl methyl sites for hydroxylation is 1. The fourth-order valence-corrected chi connectivity index (χ4v) is 3.56. The lowest BCUT2D eigenvalue weighted by atomic mass is 9.87. The van der Waals surface area contributed by atoms with Crippen molar-refractivity contribution in [3.63, 3.8) is 0 Å². The number of nitrogens with zero attached hydrogens (tertiary/aromatic N) is 2. The van der Waals surface area contributed by atoms with Gasteiger partial charge in [-0.2, -0.15) is 0 Å². The van der Waals surface area contributed by atoms with Crippen molar-refractivity contribution in [3.8, 4) is 0 Å². The Labute approximate surface area is 127 Å². The summed E-state index contributed by atoms with van der Waals surface area (Å²) in [6.45, 7) is 5.17. The van der Waals surface area contributed by atoms with Gasteiger partial charge >= 0.3 is 0 Å². The fourth-order valence-electron chi connectivity index (χ4n) is 3.56. The Morgan fingerprint density at radius 2 is 2.05 bits per heavy atom. The summed E-state index contributed by atoms with van der Waals surface area (Å²) in [7, 11) is 0. The Bertz CT molecular complexity index is 600. The zero-order chi connectivity index (χ0) is 14.8. The summed E-state index contributed by atoms with van der Waals surface area (Å²) in [5.74, 6) is 0.936. The maximum atomic E-state index is 6.00. The lowest BCUT2D eigenvalue weighted by Gasteiger charge is -2.29. The van der Waals surface area contributed by atoms with E-state index in [2.05, 4.69) is 47.7 Å². The number of nitrogens with two attached hydrogens (primary N) is 1. The third-order valence-corrected chi connectivity index (χ3v) is 4.85. The first-order valence-electron chi connectivity index (χ1n) is 7.99. The van der Waals surface area contributed by atoms with Crippen LogP contribution < -0.4 is 5.73 Å². The van der Waals surface area contributed by atoms with E-state index in [1.807, 2.05) is 12.5 Å². The first kappa shape index (κ1) is 14.3. The molecule has 0 aliphatic heterocycles. The summed E-state index contributed by atoms with van der Waals surface area (Å²) in [5.41, 5.74) is 10.3. The van der Waals surface area contributed by atoms with Gasteiger partial charge in [0.15, 0.2) is 0 Å². The van der Waals surface area contributed by atoms with Gasteiger partial charge in [0, 0.05) is 30.4 Å². The second-order valence-electron chi connectivity index (χ2n) is 6.48. The van der Waals surface area contributed by atoms with Crippen molar-refractivity contribution in [3.05, 3.63) is 53.6 Å². The molecule has 1 aromatic carbocycles. The smallest absolute Gasteiger partial charge is 0.0951 e. The second-order valence-corrected chi connectivity index (χ2v) is 6.48. The molecule has 2 unspecified atom stereocenters. The lowest BCUT2D eigenvalue weighted by Crippen LogP contribution is -2.25. The van der Waals surface area contributed by atoms with E-state index < -0.39 is 0 Å². The Balaban J connectivity index is 1.88. The van der Waals surface area contributed by atoms with Gasteiger partial charge in [-0.05, 0) is 36.3 Å². The molecule has 0 radical (unpaired) electrons. The molecule has 1 heterocycles. The van der Waals surface area contributed by atoms with E-state index in [0.29, 0.717) is 24.4 Å². The molecule has 0 fully saturated rings. The van der Waals surface area contributed by atoms with E-state index in [-0.39, 0.29) is 0 Å². The van der Waals surface area contributed by atoms with Crippen LogP contribution in [0.4, 0.5) is 0 Å². The molecule has 2 atom stereocenters. The van der Waals surface area contributed by atoms with Crippen molar-refractivity contribution in [1.82, 2.24) is 9.55 Å². The SMILES string of the molecule is CC(C)C(CN)c1cncn1C1CCc2ccccc2C1. The first-order chi connectivity index (χ1) is 10.2. The topological polar surface area (TPSA) is 43.8 Å². The van der Waals surface area contributed by atoms with E-state index in [9.17, 15) is 0 Å². The van der Waals surface area contributed by atoms with Crippen molar-refractivity contribution >= 4 is 0 Å². The molecule has 1 aliphatic carbocycles. The van der Waals surface area contributed by atoms with Crippen LogP contribution in [0.3, 0.4) is 0 Å². The number of imidazole rings is 1.